The van der Waals surface area contributed by atoms with Crippen LogP contribution >= 0.6 is 0 Å². The molecule has 2 aliphatic rings. The second-order valence-electron chi connectivity index (χ2n) is 11.7. The molecule has 5 rings (SSSR count). The molecule has 1 aliphatic carbocycles. The highest BCUT2D eigenvalue weighted by molar-refractivity contribution is 5.15. The minimum atomic E-state index is -0.721. The normalized spacial score (nSPS) is 32.0. The summed E-state index contributed by atoms with van der Waals surface area (Å²) in [6, 6.07) is 30.3. The molecule has 1 aliphatic heterocycles. The Morgan fingerprint density at radius 1 is 0.610 bits per heavy atom. The summed E-state index contributed by atoms with van der Waals surface area (Å²) < 4.78 is 33.0. The van der Waals surface area contributed by atoms with Crippen LogP contribution in [0.4, 0.5) is 0 Å². The van der Waals surface area contributed by atoms with Gasteiger partial charge in [0, 0.05) is 0 Å². The van der Waals surface area contributed by atoms with E-state index in [0.717, 1.165) is 23.1 Å². The molecule has 2 fully saturated rings. The van der Waals surface area contributed by atoms with Crippen LogP contribution < -0.4 is 0 Å². The minimum absolute atomic E-state index is 0.193. The Labute approximate surface area is 244 Å². The molecular weight excluding hydrogens is 516 g/mol. The summed E-state index contributed by atoms with van der Waals surface area (Å²) in [6.45, 7) is 7.54. The maximum atomic E-state index is 11.0. The van der Waals surface area contributed by atoms with Crippen LogP contribution in [0, 0.1) is 11.8 Å². The Hall–Kier alpha value is -2.58. The maximum Gasteiger partial charge on any atom is 0.187 e. The van der Waals surface area contributed by atoms with Crippen molar-refractivity contribution in [3.8, 4) is 0 Å². The molecule has 1 N–H and O–H groups in total. The molecule has 3 aromatic carbocycles. The maximum absolute atomic E-state index is 11.0. The van der Waals surface area contributed by atoms with Crippen molar-refractivity contribution in [1.29, 1.82) is 0 Å². The van der Waals surface area contributed by atoms with E-state index in [1.807, 2.05) is 73.7 Å². The van der Waals surface area contributed by atoms with Crippen LogP contribution in [0.5, 0.6) is 0 Å². The van der Waals surface area contributed by atoms with Gasteiger partial charge < -0.3 is 28.8 Å². The van der Waals surface area contributed by atoms with Crippen LogP contribution in [0.25, 0.3) is 0 Å². The summed E-state index contributed by atoms with van der Waals surface area (Å²) >= 11 is 0. The third-order valence-electron chi connectivity index (χ3n) is 8.23. The predicted octanol–water partition coefficient (Wildman–Crippen LogP) is 6.30. The third kappa shape index (κ3) is 8.04. The smallest absolute Gasteiger partial charge is 0.187 e. The summed E-state index contributed by atoms with van der Waals surface area (Å²) in [7, 11) is 0. The fraction of sp³-hybridized carbons (Fsp3) is 0.486. The first-order chi connectivity index (χ1) is 20.0. The number of hydrogen-bond donors (Lipinski definition) is 1. The van der Waals surface area contributed by atoms with Crippen molar-refractivity contribution < 1.29 is 28.8 Å². The van der Waals surface area contributed by atoms with E-state index in [0.29, 0.717) is 32.2 Å². The Bertz CT molecular complexity index is 1150. The molecule has 1 heterocycles. The number of ether oxygens (including phenoxy) is 5. The third-order valence-corrected chi connectivity index (χ3v) is 8.23. The van der Waals surface area contributed by atoms with Gasteiger partial charge in [-0.1, -0.05) is 105 Å². The monoisotopic (exact) mass is 560 g/mol. The molecule has 6 nitrogen and oxygen atoms in total. The van der Waals surface area contributed by atoms with Gasteiger partial charge in [0.05, 0.1) is 38.1 Å². The number of rotatable bonds is 11. The SMILES string of the molecule is C[C@H]1C[C@@H](O)[C@H](O[C@@H]2O[C@@H](C)[C@@H](OCc3ccccc3)[C@@H](OCc3ccccc3)[C@@H]2OCc2ccccc2)[C@@H](C)C1. The average molecular weight is 561 g/mol. The summed E-state index contributed by atoms with van der Waals surface area (Å²) in [5.74, 6) is 0.645. The van der Waals surface area contributed by atoms with E-state index in [-0.39, 0.29) is 18.1 Å². The van der Waals surface area contributed by atoms with Gasteiger partial charge in [0.15, 0.2) is 6.29 Å². The molecule has 1 saturated carbocycles. The molecule has 1 saturated heterocycles. The molecule has 0 unspecified atom stereocenters. The highest BCUT2D eigenvalue weighted by Crippen LogP contribution is 2.36. The molecule has 9 atom stereocenters. The van der Waals surface area contributed by atoms with Crippen LogP contribution in [0.3, 0.4) is 0 Å². The van der Waals surface area contributed by atoms with Crippen molar-refractivity contribution in [3.63, 3.8) is 0 Å². The van der Waals surface area contributed by atoms with Crippen LogP contribution in [-0.2, 0) is 43.5 Å². The van der Waals surface area contributed by atoms with E-state index in [2.05, 4.69) is 38.1 Å². The molecule has 3 aromatic rings. The van der Waals surface area contributed by atoms with Gasteiger partial charge in [0.25, 0.3) is 0 Å². The van der Waals surface area contributed by atoms with Crippen LogP contribution in [0.15, 0.2) is 91.0 Å². The molecule has 0 radical (unpaired) electrons. The zero-order valence-electron chi connectivity index (χ0n) is 24.4. The van der Waals surface area contributed by atoms with Crippen molar-refractivity contribution in [1.82, 2.24) is 0 Å². The van der Waals surface area contributed by atoms with Crippen molar-refractivity contribution in [3.05, 3.63) is 108 Å². The lowest BCUT2D eigenvalue weighted by atomic mass is 9.79. The highest BCUT2D eigenvalue weighted by Gasteiger charge is 2.49. The van der Waals surface area contributed by atoms with Gasteiger partial charge in [-0.2, -0.15) is 0 Å². The topological polar surface area (TPSA) is 66.4 Å². The van der Waals surface area contributed by atoms with Crippen molar-refractivity contribution in [2.24, 2.45) is 11.8 Å². The van der Waals surface area contributed by atoms with Crippen molar-refractivity contribution in [2.45, 2.75) is 96.3 Å². The highest BCUT2D eigenvalue weighted by atomic mass is 16.7. The van der Waals surface area contributed by atoms with E-state index in [1.54, 1.807) is 0 Å². The summed E-state index contributed by atoms with van der Waals surface area (Å²) in [6.07, 6.45) is -1.67. The Morgan fingerprint density at radius 3 is 1.56 bits per heavy atom. The molecule has 6 heteroatoms. The molecule has 41 heavy (non-hydrogen) atoms. The molecule has 0 bridgehead atoms. The van der Waals surface area contributed by atoms with Gasteiger partial charge in [-0.15, -0.1) is 0 Å². The number of benzene rings is 3. The average Bonchev–Trinajstić information content (AvgIpc) is 2.98. The fourth-order valence-corrected chi connectivity index (χ4v) is 6.15. The van der Waals surface area contributed by atoms with Gasteiger partial charge in [-0.25, -0.2) is 0 Å². The predicted molar refractivity (Wildman–Crippen MR) is 158 cm³/mol. The number of aliphatic hydroxyl groups is 1. The minimum Gasteiger partial charge on any atom is -0.390 e. The van der Waals surface area contributed by atoms with Gasteiger partial charge in [-0.3, -0.25) is 0 Å². The summed E-state index contributed by atoms with van der Waals surface area (Å²) in [4.78, 5) is 0. The van der Waals surface area contributed by atoms with Crippen molar-refractivity contribution >= 4 is 0 Å². The molecule has 0 amide bonds. The van der Waals surface area contributed by atoms with Gasteiger partial charge in [0.2, 0.25) is 0 Å². The first-order valence-corrected chi connectivity index (χ1v) is 14.9. The molecular formula is C35H44O6. The van der Waals surface area contributed by atoms with Gasteiger partial charge in [0.1, 0.15) is 18.3 Å². The summed E-state index contributed by atoms with van der Waals surface area (Å²) in [5, 5.41) is 11.0. The fourth-order valence-electron chi connectivity index (χ4n) is 6.15. The Balaban J connectivity index is 1.41. The van der Waals surface area contributed by atoms with Crippen LogP contribution in [0.1, 0.15) is 50.3 Å². The lowest BCUT2D eigenvalue weighted by molar-refractivity contribution is -0.338. The first-order valence-electron chi connectivity index (χ1n) is 14.9. The molecule has 220 valence electrons. The van der Waals surface area contributed by atoms with Gasteiger partial charge in [-0.05, 0) is 48.3 Å². The number of aliphatic hydroxyl groups excluding tert-OH is 1. The quantitative estimate of drug-likeness (QED) is 0.297. The first kappa shape index (κ1) is 29.9. The van der Waals surface area contributed by atoms with E-state index in [4.69, 9.17) is 23.7 Å². The zero-order valence-corrected chi connectivity index (χ0v) is 24.4. The van der Waals surface area contributed by atoms with E-state index >= 15 is 0 Å². The van der Waals surface area contributed by atoms with E-state index < -0.39 is 30.7 Å². The Morgan fingerprint density at radius 2 is 1.07 bits per heavy atom. The van der Waals surface area contributed by atoms with E-state index in [1.165, 1.54) is 0 Å². The summed E-state index contributed by atoms with van der Waals surface area (Å²) in [5.41, 5.74) is 3.20. The zero-order chi connectivity index (χ0) is 28.6. The lowest BCUT2D eigenvalue weighted by Gasteiger charge is -2.47. The second kappa shape index (κ2) is 14.5. The van der Waals surface area contributed by atoms with Crippen LogP contribution in [0.2, 0.25) is 0 Å². The lowest BCUT2D eigenvalue weighted by Crippen LogP contribution is -2.61. The van der Waals surface area contributed by atoms with Crippen molar-refractivity contribution in [2.75, 3.05) is 0 Å². The van der Waals surface area contributed by atoms with E-state index in [9.17, 15) is 5.11 Å². The second-order valence-corrected chi connectivity index (χ2v) is 11.7. The number of hydrogen-bond acceptors (Lipinski definition) is 6. The largest absolute Gasteiger partial charge is 0.390 e. The molecule has 0 spiro atoms. The Kier molecular flexibility index (Phi) is 10.6. The van der Waals surface area contributed by atoms with Gasteiger partial charge >= 0.3 is 0 Å². The standard InChI is InChI=1S/C35H44O6/c1-24-19-25(2)31(30(36)20-24)41-35-34(39-23-29-17-11-6-12-18-29)33(38-22-28-15-9-5-10-16-28)32(26(3)40-35)37-21-27-13-7-4-8-14-27/h4-18,24-26,30-36H,19-23H2,1-3H3/t24-,25+,26+,30-,31-,32-,33-,34+,35+/m1/s1. The molecule has 0 aromatic heterocycles. The van der Waals surface area contributed by atoms with Crippen LogP contribution in [-0.4, -0.2) is 48.0 Å².